The van der Waals surface area contributed by atoms with Crippen LogP contribution in [0.4, 0.5) is 4.79 Å². The normalized spacial score (nSPS) is 13.7. The molecule has 0 saturated heterocycles. The molecule has 2 unspecified atom stereocenters. The number of carbonyl (C=O) groups is 1. The Labute approximate surface area is 131 Å². The first-order chi connectivity index (χ1) is 10.2. The second kappa shape index (κ2) is 14.2. The Balaban J connectivity index is 4.13. The van der Waals surface area contributed by atoms with Crippen molar-refractivity contribution in [2.75, 3.05) is 19.7 Å². The summed E-state index contributed by atoms with van der Waals surface area (Å²) in [6, 6.07) is 0.454. The largest absolute Gasteiger partial charge is 0.449 e. The molecule has 0 aromatic carbocycles. The van der Waals surface area contributed by atoms with Crippen LogP contribution in [0, 0.1) is 5.92 Å². The number of hydrogen-bond donors (Lipinski definition) is 2. The van der Waals surface area contributed by atoms with Gasteiger partial charge in [-0.15, -0.1) is 0 Å². The second-order valence-corrected chi connectivity index (χ2v) is 5.75. The van der Waals surface area contributed by atoms with Crippen molar-refractivity contribution < 1.29 is 9.53 Å². The van der Waals surface area contributed by atoms with E-state index in [4.69, 9.17) is 4.74 Å². The number of rotatable bonds is 13. The number of carbonyl (C=O) groups excluding carboxylic acids is 1. The Morgan fingerprint density at radius 1 is 1.00 bits per heavy atom. The third-order valence-electron chi connectivity index (χ3n) is 3.86. The van der Waals surface area contributed by atoms with E-state index in [-0.39, 0.29) is 6.09 Å². The Bertz CT molecular complexity index is 247. The molecule has 0 heterocycles. The number of alkyl carbamates (subject to hydrolysis) is 1. The molecule has 4 heteroatoms. The van der Waals surface area contributed by atoms with E-state index in [0.717, 1.165) is 38.6 Å². The SMILES string of the molecule is CCCCNC(=O)OCC(CC)C(CCC)NCCCC. The van der Waals surface area contributed by atoms with Crippen molar-refractivity contribution in [3.05, 3.63) is 0 Å². The lowest BCUT2D eigenvalue weighted by Crippen LogP contribution is -2.40. The Morgan fingerprint density at radius 3 is 2.24 bits per heavy atom. The van der Waals surface area contributed by atoms with Gasteiger partial charge in [-0.25, -0.2) is 4.79 Å². The summed E-state index contributed by atoms with van der Waals surface area (Å²) in [6.45, 7) is 11.0. The maximum absolute atomic E-state index is 11.6. The van der Waals surface area contributed by atoms with Gasteiger partial charge in [0.15, 0.2) is 0 Å². The summed E-state index contributed by atoms with van der Waals surface area (Å²) in [7, 11) is 0. The smallest absolute Gasteiger partial charge is 0.407 e. The summed E-state index contributed by atoms with van der Waals surface area (Å²) in [5.41, 5.74) is 0. The zero-order valence-electron chi connectivity index (χ0n) is 14.5. The average molecular weight is 300 g/mol. The lowest BCUT2D eigenvalue weighted by molar-refractivity contribution is 0.112. The van der Waals surface area contributed by atoms with Gasteiger partial charge in [0.2, 0.25) is 0 Å². The molecule has 0 saturated carbocycles. The standard InChI is InChI=1S/C17H36N2O2/c1-5-9-12-18-16(11-7-3)15(8-4)14-21-17(20)19-13-10-6-2/h15-16,18H,5-14H2,1-4H3,(H,19,20). The van der Waals surface area contributed by atoms with Crippen molar-refractivity contribution in [1.82, 2.24) is 10.6 Å². The molecule has 126 valence electrons. The molecule has 21 heavy (non-hydrogen) atoms. The zero-order chi connectivity index (χ0) is 15.9. The van der Waals surface area contributed by atoms with Crippen molar-refractivity contribution >= 4 is 6.09 Å². The van der Waals surface area contributed by atoms with E-state index < -0.39 is 0 Å². The van der Waals surface area contributed by atoms with E-state index in [0.29, 0.717) is 25.1 Å². The van der Waals surface area contributed by atoms with Crippen molar-refractivity contribution in [3.63, 3.8) is 0 Å². The van der Waals surface area contributed by atoms with Crippen LogP contribution in [-0.2, 0) is 4.74 Å². The van der Waals surface area contributed by atoms with Crippen LogP contribution in [0.2, 0.25) is 0 Å². The van der Waals surface area contributed by atoms with Gasteiger partial charge in [-0.3, -0.25) is 0 Å². The topological polar surface area (TPSA) is 50.4 Å². The fraction of sp³-hybridized carbons (Fsp3) is 0.941. The minimum absolute atomic E-state index is 0.272. The molecule has 0 radical (unpaired) electrons. The molecule has 2 N–H and O–H groups in total. The van der Waals surface area contributed by atoms with Crippen molar-refractivity contribution in [3.8, 4) is 0 Å². The molecule has 0 aromatic heterocycles. The zero-order valence-corrected chi connectivity index (χ0v) is 14.5. The Morgan fingerprint density at radius 2 is 1.67 bits per heavy atom. The van der Waals surface area contributed by atoms with Gasteiger partial charge in [-0.1, -0.05) is 47.0 Å². The van der Waals surface area contributed by atoms with Crippen LogP contribution in [0.25, 0.3) is 0 Å². The van der Waals surface area contributed by atoms with Crippen LogP contribution in [0.1, 0.15) is 72.6 Å². The lowest BCUT2D eigenvalue weighted by atomic mass is 9.94. The van der Waals surface area contributed by atoms with E-state index in [2.05, 4.69) is 38.3 Å². The highest BCUT2D eigenvalue weighted by atomic mass is 16.5. The van der Waals surface area contributed by atoms with Crippen LogP contribution < -0.4 is 10.6 Å². The molecule has 0 rings (SSSR count). The highest BCUT2D eigenvalue weighted by Gasteiger charge is 2.20. The van der Waals surface area contributed by atoms with Gasteiger partial charge in [0, 0.05) is 18.5 Å². The first-order valence-electron chi connectivity index (χ1n) is 8.83. The van der Waals surface area contributed by atoms with Crippen molar-refractivity contribution in [2.45, 2.75) is 78.7 Å². The first-order valence-corrected chi connectivity index (χ1v) is 8.83. The van der Waals surface area contributed by atoms with Gasteiger partial charge in [0.25, 0.3) is 0 Å². The number of unbranched alkanes of at least 4 members (excludes halogenated alkanes) is 2. The molecule has 2 atom stereocenters. The summed E-state index contributed by atoms with van der Waals surface area (Å²) in [5, 5.41) is 6.44. The number of ether oxygens (including phenoxy) is 1. The summed E-state index contributed by atoms with van der Waals surface area (Å²) in [4.78, 5) is 11.6. The quantitative estimate of drug-likeness (QED) is 0.504. The van der Waals surface area contributed by atoms with E-state index in [1.165, 1.54) is 12.8 Å². The first kappa shape index (κ1) is 20.2. The van der Waals surface area contributed by atoms with E-state index in [9.17, 15) is 4.79 Å². The van der Waals surface area contributed by atoms with E-state index in [1.54, 1.807) is 0 Å². The number of hydrogen-bond acceptors (Lipinski definition) is 3. The fourth-order valence-electron chi connectivity index (χ4n) is 2.40. The lowest BCUT2D eigenvalue weighted by Gasteiger charge is -2.27. The van der Waals surface area contributed by atoms with Crippen molar-refractivity contribution in [1.29, 1.82) is 0 Å². The molecule has 0 fully saturated rings. The molecule has 0 bridgehead atoms. The molecular weight excluding hydrogens is 264 g/mol. The number of nitrogens with one attached hydrogen (secondary N) is 2. The monoisotopic (exact) mass is 300 g/mol. The van der Waals surface area contributed by atoms with Crippen molar-refractivity contribution in [2.24, 2.45) is 5.92 Å². The Kier molecular flexibility index (Phi) is 13.7. The van der Waals surface area contributed by atoms with Gasteiger partial charge >= 0.3 is 6.09 Å². The van der Waals surface area contributed by atoms with Crippen LogP contribution >= 0.6 is 0 Å². The molecule has 0 aliphatic rings. The molecule has 1 amide bonds. The maximum atomic E-state index is 11.6. The van der Waals surface area contributed by atoms with Gasteiger partial charge in [0.05, 0.1) is 6.61 Å². The van der Waals surface area contributed by atoms with Gasteiger partial charge in [-0.2, -0.15) is 0 Å². The predicted octanol–water partition coefficient (Wildman–Crippen LogP) is 4.10. The minimum Gasteiger partial charge on any atom is -0.449 e. The molecule has 0 aromatic rings. The van der Waals surface area contributed by atoms with Crippen LogP contribution in [0.5, 0.6) is 0 Å². The second-order valence-electron chi connectivity index (χ2n) is 5.75. The van der Waals surface area contributed by atoms with Gasteiger partial charge < -0.3 is 15.4 Å². The summed E-state index contributed by atoms with van der Waals surface area (Å²) in [6.07, 6.45) is 7.55. The fourth-order valence-corrected chi connectivity index (χ4v) is 2.40. The highest BCUT2D eigenvalue weighted by molar-refractivity contribution is 5.67. The summed E-state index contributed by atoms with van der Waals surface area (Å²) < 4.78 is 5.39. The van der Waals surface area contributed by atoms with E-state index >= 15 is 0 Å². The Hall–Kier alpha value is -0.770. The summed E-state index contributed by atoms with van der Waals surface area (Å²) in [5.74, 6) is 0.402. The van der Waals surface area contributed by atoms with Crippen LogP contribution in [0.3, 0.4) is 0 Å². The molecule has 0 aliphatic carbocycles. The van der Waals surface area contributed by atoms with E-state index in [1.807, 2.05) is 0 Å². The average Bonchev–Trinajstić information content (AvgIpc) is 2.48. The van der Waals surface area contributed by atoms with Gasteiger partial charge in [-0.05, 0) is 32.2 Å². The van der Waals surface area contributed by atoms with Crippen LogP contribution in [-0.4, -0.2) is 31.8 Å². The molecule has 0 spiro atoms. The summed E-state index contributed by atoms with van der Waals surface area (Å²) >= 11 is 0. The van der Waals surface area contributed by atoms with Gasteiger partial charge in [0.1, 0.15) is 0 Å². The third kappa shape index (κ3) is 10.6. The predicted molar refractivity (Wildman–Crippen MR) is 89.6 cm³/mol. The van der Waals surface area contributed by atoms with Crippen LogP contribution in [0.15, 0.2) is 0 Å². The third-order valence-corrected chi connectivity index (χ3v) is 3.86. The maximum Gasteiger partial charge on any atom is 0.407 e. The number of amides is 1. The highest BCUT2D eigenvalue weighted by Crippen LogP contribution is 2.15. The molecule has 0 aliphatic heterocycles. The molecule has 4 nitrogen and oxygen atoms in total. The minimum atomic E-state index is -0.272. The molecular formula is C17H36N2O2.